The average Bonchev–Trinajstić information content (AvgIpc) is 3.33. The molecule has 3 rings (SSSR count). The molecule has 0 aliphatic carbocycles. The monoisotopic (exact) mass is 472 g/mol. The number of aryl methyl sites for hydroxylation is 1. The standard InChI is InChI=1S/C23H25ClN4O5/c1-15-4-7-17(24)11-20(15)27-21(29)14-33-18-8-5-16(6-9-18)12-26-28-23(31)22(30)25-13-19-3-2-10-32-19/h4-9,11-12,19H,2-3,10,13-14H2,1H3,(H,25,30)(H,27,29)(H,28,31)/b26-12-/t19-/m0/s1. The van der Waals surface area contributed by atoms with Crippen molar-refractivity contribution in [3.8, 4) is 5.75 Å². The first-order chi connectivity index (χ1) is 15.9. The molecule has 9 nitrogen and oxygen atoms in total. The molecule has 1 fully saturated rings. The predicted molar refractivity (Wildman–Crippen MR) is 124 cm³/mol. The fourth-order valence-electron chi connectivity index (χ4n) is 3.02. The molecule has 2 aromatic rings. The molecule has 1 aliphatic rings. The smallest absolute Gasteiger partial charge is 0.329 e. The minimum absolute atomic E-state index is 0.0435. The second kappa shape index (κ2) is 12.0. The first-order valence-corrected chi connectivity index (χ1v) is 10.8. The molecule has 174 valence electrons. The Morgan fingerprint density at radius 1 is 1.18 bits per heavy atom. The number of hydrazone groups is 1. The minimum atomic E-state index is -0.856. The first kappa shape index (κ1) is 24.2. The lowest BCUT2D eigenvalue weighted by Gasteiger charge is -2.10. The van der Waals surface area contributed by atoms with E-state index in [1.165, 1.54) is 6.21 Å². The maximum absolute atomic E-state index is 12.1. The van der Waals surface area contributed by atoms with Crippen molar-refractivity contribution in [1.82, 2.24) is 10.7 Å². The van der Waals surface area contributed by atoms with Gasteiger partial charge in [-0.25, -0.2) is 5.43 Å². The van der Waals surface area contributed by atoms with E-state index in [1.54, 1.807) is 36.4 Å². The van der Waals surface area contributed by atoms with Gasteiger partial charge in [-0.05, 0) is 67.3 Å². The van der Waals surface area contributed by atoms with Gasteiger partial charge in [-0.3, -0.25) is 14.4 Å². The summed E-state index contributed by atoms with van der Waals surface area (Å²) >= 11 is 5.95. The van der Waals surface area contributed by atoms with Crippen LogP contribution in [0.4, 0.5) is 5.69 Å². The van der Waals surface area contributed by atoms with Gasteiger partial charge in [-0.2, -0.15) is 5.10 Å². The largest absolute Gasteiger partial charge is 0.484 e. The lowest BCUT2D eigenvalue weighted by atomic mass is 10.2. The van der Waals surface area contributed by atoms with E-state index in [-0.39, 0.29) is 18.6 Å². The van der Waals surface area contributed by atoms with E-state index in [4.69, 9.17) is 21.1 Å². The fraction of sp³-hybridized carbons (Fsp3) is 0.304. The molecule has 33 heavy (non-hydrogen) atoms. The predicted octanol–water partition coefficient (Wildman–Crippen LogP) is 2.41. The molecule has 3 N–H and O–H groups in total. The molecule has 0 saturated carbocycles. The number of rotatable bonds is 8. The van der Waals surface area contributed by atoms with Gasteiger partial charge in [0.1, 0.15) is 5.75 Å². The van der Waals surface area contributed by atoms with E-state index < -0.39 is 11.8 Å². The topological polar surface area (TPSA) is 118 Å². The molecule has 0 aromatic heterocycles. The van der Waals surface area contributed by atoms with Crippen molar-refractivity contribution in [3.05, 3.63) is 58.6 Å². The molecule has 1 heterocycles. The van der Waals surface area contributed by atoms with Gasteiger partial charge in [0.05, 0.1) is 12.3 Å². The number of nitrogens with one attached hydrogen (secondary N) is 3. The van der Waals surface area contributed by atoms with E-state index in [1.807, 2.05) is 13.0 Å². The molecule has 1 saturated heterocycles. The number of carbonyl (C=O) groups is 3. The number of hydrogen-bond donors (Lipinski definition) is 3. The van der Waals surface area contributed by atoms with Crippen molar-refractivity contribution >= 4 is 41.2 Å². The van der Waals surface area contributed by atoms with Gasteiger partial charge in [0.2, 0.25) is 0 Å². The van der Waals surface area contributed by atoms with E-state index in [2.05, 4.69) is 21.2 Å². The Morgan fingerprint density at radius 3 is 2.70 bits per heavy atom. The van der Waals surface area contributed by atoms with Gasteiger partial charge in [0.15, 0.2) is 6.61 Å². The number of carbonyl (C=O) groups excluding carboxylic acids is 3. The highest BCUT2D eigenvalue weighted by Crippen LogP contribution is 2.20. The molecule has 2 aromatic carbocycles. The van der Waals surface area contributed by atoms with Gasteiger partial charge >= 0.3 is 11.8 Å². The Morgan fingerprint density at radius 2 is 1.97 bits per heavy atom. The summed E-state index contributed by atoms with van der Waals surface area (Å²) in [6.45, 7) is 2.68. The zero-order valence-corrected chi connectivity index (χ0v) is 18.9. The summed E-state index contributed by atoms with van der Waals surface area (Å²) in [7, 11) is 0. The molecule has 1 atom stereocenters. The molecule has 3 amide bonds. The lowest BCUT2D eigenvalue weighted by Crippen LogP contribution is -2.41. The third kappa shape index (κ3) is 7.89. The number of nitrogens with zero attached hydrogens (tertiary/aromatic N) is 1. The van der Waals surface area contributed by atoms with Crippen LogP contribution in [0, 0.1) is 6.92 Å². The van der Waals surface area contributed by atoms with Crippen LogP contribution in [0.2, 0.25) is 5.02 Å². The summed E-state index contributed by atoms with van der Waals surface area (Å²) in [5.74, 6) is -1.45. The van der Waals surface area contributed by atoms with Gasteiger partial charge in [0.25, 0.3) is 5.91 Å². The van der Waals surface area contributed by atoms with Crippen LogP contribution in [0.5, 0.6) is 5.75 Å². The Bertz CT molecular complexity index is 1020. The lowest BCUT2D eigenvalue weighted by molar-refractivity contribution is -0.139. The molecular weight excluding hydrogens is 448 g/mol. The van der Waals surface area contributed by atoms with Crippen LogP contribution >= 0.6 is 11.6 Å². The molecule has 1 aliphatic heterocycles. The Hall–Kier alpha value is -3.43. The SMILES string of the molecule is Cc1ccc(Cl)cc1NC(=O)COc1ccc(/C=N\NC(=O)C(=O)NC[C@@H]2CCCO2)cc1. The molecule has 0 spiro atoms. The number of hydrogen-bond acceptors (Lipinski definition) is 6. The maximum atomic E-state index is 12.1. The van der Waals surface area contributed by atoms with Gasteiger partial charge in [-0.1, -0.05) is 17.7 Å². The maximum Gasteiger partial charge on any atom is 0.329 e. The van der Waals surface area contributed by atoms with E-state index in [0.717, 1.165) is 18.4 Å². The van der Waals surface area contributed by atoms with Crippen molar-refractivity contribution in [2.24, 2.45) is 5.10 Å². The normalized spacial score (nSPS) is 15.3. The minimum Gasteiger partial charge on any atom is -0.484 e. The van der Waals surface area contributed by atoms with Crippen LogP contribution < -0.4 is 20.8 Å². The Balaban J connectivity index is 1.39. The van der Waals surface area contributed by atoms with Crippen LogP contribution in [0.25, 0.3) is 0 Å². The van der Waals surface area contributed by atoms with Gasteiger partial charge in [-0.15, -0.1) is 0 Å². The summed E-state index contributed by atoms with van der Waals surface area (Å²) in [6, 6.07) is 12.0. The zero-order chi connectivity index (χ0) is 23.6. The van der Waals surface area contributed by atoms with Crippen molar-refractivity contribution in [2.45, 2.75) is 25.9 Å². The quantitative estimate of drug-likeness (QED) is 0.310. The molecule has 0 bridgehead atoms. The summed E-state index contributed by atoms with van der Waals surface area (Å²) in [5.41, 5.74) is 4.37. The molecular formula is C23H25ClN4O5. The van der Waals surface area contributed by atoms with E-state index in [9.17, 15) is 14.4 Å². The Labute approximate surface area is 196 Å². The van der Waals surface area contributed by atoms with Crippen molar-refractivity contribution in [2.75, 3.05) is 25.1 Å². The number of benzene rings is 2. The van der Waals surface area contributed by atoms with Crippen LogP contribution in [0.3, 0.4) is 0 Å². The third-order valence-corrected chi connectivity index (χ3v) is 5.06. The number of anilines is 1. The third-order valence-electron chi connectivity index (χ3n) is 4.82. The zero-order valence-electron chi connectivity index (χ0n) is 18.1. The fourth-order valence-corrected chi connectivity index (χ4v) is 3.19. The highest BCUT2D eigenvalue weighted by atomic mass is 35.5. The van der Waals surface area contributed by atoms with Crippen LogP contribution in [0.15, 0.2) is 47.6 Å². The van der Waals surface area contributed by atoms with Crippen LogP contribution in [0.1, 0.15) is 24.0 Å². The summed E-state index contributed by atoms with van der Waals surface area (Å²) < 4.78 is 10.9. The highest BCUT2D eigenvalue weighted by Gasteiger charge is 2.18. The highest BCUT2D eigenvalue weighted by molar-refractivity contribution is 6.35. The van der Waals surface area contributed by atoms with Gasteiger partial charge in [0, 0.05) is 23.9 Å². The van der Waals surface area contributed by atoms with Crippen molar-refractivity contribution < 1.29 is 23.9 Å². The number of halogens is 1. The summed E-state index contributed by atoms with van der Waals surface area (Å²) in [6.07, 6.45) is 3.17. The van der Waals surface area contributed by atoms with Gasteiger partial charge < -0.3 is 20.1 Å². The van der Waals surface area contributed by atoms with Crippen molar-refractivity contribution in [3.63, 3.8) is 0 Å². The first-order valence-electron chi connectivity index (χ1n) is 10.4. The number of amides is 3. The average molecular weight is 473 g/mol. The van der Waals surface area contributed by atoms with Crippen molar-refractivity contribution in [1.29, 1.82) is 0 Å². The second-order valence-corrected chi connectivity index (χ2v) is 7.85. The second-order valence-electron chi connectivity index (χ2n) is 7.41. The molecule has 10 heteroatoms. The molecule has 0 unspecified atom stereocenters. The van der Waals surface area contributed by atoms with Crippen LogP contribution in [-0.2, 0) is 19.1 Å². The van der Waals surface area contributed by atoms with E-state index in [0.29, 0.717) is 35.2 Å². The Kier molecular flexibility index (Phi) is 8.79. The van der Waals surface area contributed by atoms with E-state index >= 15 is 0 Å². The van der Waals surface area contributed by atoms with Crippen LogP contribution in [-0.4, -0.2) is 49.8 Å². The molecule has 0 radical (unpaired) electrons. The number of ether oxygens (including phenoxy) is 2. The summed E-state index contributed by atoms with van der Waals surface area (Å²) in [4.78, 5) is 35.6. The summed E-state index contributed by atoms with van der Waals surface area (Å²) in [5, 5.41) is 9.58.